The van der Waals surface area contributed by atoms with Crippen LogP contribution in [0.25, 0.3) is 22.0 Å². The van der Waals surface area contributed by atoms with E-state index in [1.54, 1.807) is 48.5 Å². The van der Waals surface area contributed by atoms with Gasteiger partial charge >= 0.3 is 5.97 Å². The van der Waals surface area contributed by atoms with E-state index in [2.05, 4.69) is 38.1 Å². The van der Waals surface area contributed by atoms with Crippen LogP contribution in [-0.4, -0.2) is 23.1 Å². The molecule has 182 valence electrons. The Hall–Kier alpha value is -3.95. The molecule has 0 atom stereocenters. The minimum atomic E-state index is -0.587. The Kier molecular flexibility index (Phi) is 7.34. The Morgan fingerprint density at radius 2 is 1.65 bits per heavy atom. The molecule has 1 amide bonds. The van der Waals surface area contributed by atoms with Crippen LogP contribution in [-0.2, 0) is 0 Å². The van der Waals surface area contributed by atoms with Gasteiger partial charge in [-0.25, -0.2) is 10.2 Å². The third-order valence-electron chi connectivity index (χ3n) is 5.64. The number of aromatic amines is 1. The molecule has 0 fully saturated rings. The van der Waals surface area contributed by atoms with Gasteiger partial charge in [0.05, 0.1) is 16.8 Å². The molecule has 5 aromatic rings. The molecule has 1 aromatic heterocycles. The Bertz CT molecular complexity index is 1650. The normalized spacial score (nSPS) is 11.1. The number of fused-ring (bicyclic) bond motifs is 1. The zero-order valence-corrected chi connectivity index (χ0v) is 22.2. The molecule has 0 unspecified atom stereocenters. The molecule has 0 saturated heterocycles. The predicted molar refractivity (Wildman–Crippen MR) is 154 cm³/mol. The molecule has 2 N–H and O–H groups in total. The maximum atomic E-state index is 13.2. The van der Waals surface area contributed by atoms with Gasteiger partial charge in [0.15, 0.2) is 0 Å². The fourth-order valence-corrected chi connectivity index (χ4v) is 4.62. The van der Waals surface area contributed by atoms with Crippen LogP contribution in [0, 0.1) is 3.57 Å². The van der Waals surface area contributed by atoms with E-state index < -0.39 is 11.9 Å². The molecule has 0 saturated carbocycles. The number of esters is 1. The molecular weight excluding hydrogens is 601 g/mol. The number of rotatable bonds is 6. The fourth-order valence-electron chi connectivity index (χ4n) is 3.92. The maximum Gasteiger partial charge on any atom is 0.345 e. The highest BCUT2D eigenvalue weighted by molar-refractivity contribution is 14.1. The minimum absolute atomic E-state index is 0.256. The Labute approximate surface area is 231 Å². The molecule has 0 radical (unpaired) electrons. The second-order valence-electron chi connectivity index (χ2n) is 8.04. The topological polar surface area (TPSA) is 83.5 Å². The van der Waals surface area contributed by atoms with Crippen LogP contribution in [0.5, 0.6) is 5.75 Å². The number of aromatic nitrogens is 1. The highest BCUT2D eigenvalue weighted by Crippen LogP contribution is 2.33. The van der Waals surface area contributed by atoms with Gasteiger partial charge in [-0.2, -0.15) is 5.10 Å². The molecule has 37 heavy (non-hydrogen) atoms. The van der Waals surface area contributed by atoms with Gasteiger partial charge in [0.1, 0.15) is 11.4 Å². The molecule has 6 nitrogen and oxygen atoms in total. The van der Waals surface area contributed by atoms with Crippen LogP contribution in [0.15, 0.2) is 102 Å². The average molecular weight is 620 g/mol. The van der Waals surface area contributed by atoms with E-state index in [0.29, 0.717) is 16.3 Å². The van der Waals surface area contributed by atoms with Gasteiger partial charge in [0.25, 0.3) is 5.91 Å². The van der Waals surface area contributed by atoms with Gasteiger partial charge in [0.2, 0.25) is 0 Å². The summed E-state index contributed by atoms with van der Waals surface area (Å²) in [4.78, 5) is 29.0. The Morgan fingerprint density at radius 3 is 2.46 bits per heavy atom. The van der Waals surface area contributed by atoms with Gasteiger partial charge in [0, 0.05) is 25.6 Å². The molecule has 1 heterocycles. The number of H-pyrrole nitrogens is 1. The van der Waals surface area contributed by atoms with Crippen molar-refractivity contribution in [2.24, 2.45) is 5.10 Å². The van der Waals surface area contributed by atoms with Crippen molar-refractivity contribution in [1.82, 2.24) is 10.4 Å². The molecule has 0 spiro atoms. The van der Waals surface area contributed by atoms with Crippen molar-refractivity contribution in [3.63, 3.8) is 0 Å². The lowest BCUT2D eigenvalue weighted by Gasteiger charge is -2.08. The monoisotopic (exact) mass is 619 g/mol. The summed E-state index contributed by atoms with van der Waals surface area (Å²) in [5.74, 6) is -0.696. The second kappa shape index (κ2) is 11.0. The molecule has 0 bridgehead atoms. The number of hydrogen-bond acceptors (Lipinski definition) is 4. The third kappa shape index (κ3) is 5.42. The van der Waals surface area contributed by atoms with Crippen molar-refractivity contribution in [3.8, 4) is 16.9 Å². The summed E-state index contributed by atoms with van der Waals surface area (Å²) in [5, 5.41) is 5.38. The summed E-state index contributed by atoms with van der Waals surface area (Å²) in [5.41, 5.74) is 6.33. The lowest BCUT2D eigenvalue weighted by molar-refractivity contribution is 0.0734. The van der Waals surface area contributed by atoms with E-state index in [1.807, 2.05) is 48.5 Å². The number of ether oxygens (including phenoxy) is 1. The number of nitrogens with one attached hydrogen (secondary N) is 2. The van der Waals surface area contributed by atoms with Gasteiger partial charge in [-0.3, -0.25) is 4.79 Å². The highest BCUT2D eigenvalue weighted by Gasteiger charge is 2.19. The number of nitrogens with zero attached hydrogens (tertiary/aromatic N) is 1. The largest absolute Gasteiger partial charge is 0.422 e. The van der Waals surface area contributed by atoms with Crippen molar-refractivity contribution in [1.29, 1.82) is 0 Å². The fraction of sp³-hybridized carbons (Fsp3) is 0. The first-order valence-electron chi connectivity index (χ1n) is 11.3. The maximum absolute atomic E-state index is 13.2. The summed E-state index contributed by atoms with van der Waals surface area (Å²) in [6.07, 6.45) is 1.43. The number of carbonyl (C=O) groups is 2. The van der Waals surface area contributed by atoms with Gasteiger partial charge in [-0.05, 0) is 70.6 Å². The molecule has 5 rings (SSSR count). The van der Waals surface area contributed by atoms with Crippen molar-refractivity contribution >= 4 is 63.2 Å². The summed E-state index contributed by atoms with van der Waals surface area (Å²) in [6.45, 7) is 0. The summed E-state index contributed by atoms with van der Waals surface area (Å²) >= 11 is 8.37. The zero-order valence-electron chi connectivity index (χ0n) is 19.2. The SMILES string of the molecule is O=C(Oc1ccccc1C=NNC(=O)c1[nH]c2ccc(I)cc2c1-c1ccccc1)c1ccccc1Cl. The number of benzene rings is 4. The standard InChI is InChI=1S/C29H19ClIN3O3/c30-23-12-6-5-11-21(23)29(36)37-25-13-7-4-10-19(25)17-32-34-28(35)27-26(18-8-2-1-3-9-18)22-16-20(31)14-15-24(22)33-27/h1-17,33H,(H,34,35). The van der Waals surface area contributed by atoms with Crippen LogP contribution in [0.4, 0.5) is 0 Å². The lowest BCUT2D eigenvalue weighted by atomic mass is 10.0. The number of hydrogen-bond donors (Lipinski definition) is 2. The zero-order chi connectivity index (χ0) is 25.8. The highest BCUT2D eigenvalue weighted by atomic mass is 127. The summed E-state index contributed by atoms with van der Waals surface area (Å²) in [6, 6.07) is 29.2. The molecule has 4 aromatic carbocycles. The first-order chi connectivity index (χ1) is 18.0. The van der Waals surface area contributed by atoms with Gasteiger partial charge < -0.3 is 9.72 Å². The van der Waals surface area contributed by atoms with Crippen molar-refractivity contribution in [3.05, 3.63) is 122 Å². The average Bonchev–Trinajstić information content (AvgIpc) is 3.29. The van der Waals surface area contributed by atoms with Gasteiger partial charge in [-0.15, -0.1) is 0 Å². The number of hydrazone groups is 1. The molecule has 0 aliphatic rings. The summed E-state index contributed by atoms with van der Waals surface area (Å²) in [7, 11) is 0. The first-order valence-corrected chi connectivity index (χ1v) is 12.7. The minimum Gasteiger partial charge on any atom is -0.422 e. The number of amides is 1. The number of para-hydroxylation sites is 1. The third-order valence-corrected chi connectivity index (χ3v) is 6.64. The number of halogens is 2. The molecule has 0 aliphatic heterocycles. The van der Waals surface area contributed by atoms with E-state index in [1.165, 1.54) is 6.21 Å². The van der Waals surface area contributed by atoms with E-state index in [4.69, 9.17) is 16.3 Å². The van der Waals surface area contributed by atoms with Crippen LogP contribution in [0.1, 0.15) is 26.4 Å². The second-order valence-corrected chi connectivity index (χ2v) is 9.69. The van der Waals surface area contributed by atoms with Crippen molar-refractivity contribution in [2.45, 2.75) is 0 Å². The van der Waals surface area contributed by atoms with E-state index in [0.717, 1.165) is 25.6 Å². The van der Waals surface area contributed by atoms with Crippen LogP contribution < -0.4 is 10.2 Å². The van der Waals surface area contributed by atoms with Gasteiger partial charge in [-0.1, -0.05) is 66.2 Å². The van der Waals surface area contributed by atoms with Crippen molar-refractivity contribution in [2.75, 3.05) is 0 Å². The molecule has 8 heteroatoms. The quantitative estimate of drug-likeness (QED) is 0.0701. The lowest BCUT2D eigenvalue weighted by Crippen LogP contribution is -2.19. The predicted octanol–water partition coefficient (Wildman–Crippen LogP) is 7.08. The van der Waals surface area contributed by atoms with Crippen LogP contribution in [0.2, 0.25) is 5.02 Å². The number of carbonyl (C=O) groups excluding carboxylic acids is 2. The van der Waals surface area contributed by atoms with E-state index in [-0.39, 0.29) is 11.3 Å². The van der Waals surface area contributed by atoms with Crippen LogP contribution >= 0.6 is 34.2 Å². The smallest absolute Gasteiger partial charge is 0.345 e. The van der Waals surface area contributed by atoms with Crippen molar-refractivity contribution < 1.29 is 14.3 Å². The molecule has 0 aliphatic carbocycles. The summed E-state index contributed by atoms with van der Waals surface area (Å²) < 4.78 is 6.61. The Morgan fingerprint density at radius 1 is 0.919 bits per heavy atom. The first kappa shape index (κ1) is 24.7. The van der Waals surface area contributed by atoms with E-state index in [9.17, 15) is 9.59 Å². The van der Waals surface area contributed by atoms with Crippen LogP contribution in [0.3, 0.4) is 0 Å². The molecular formula is C29H19ClIN3O3. The Balaban J connectivity index is 1.40. The van der Waals surface area contributed by atoms with E-state index >= 15 is 0 Å².